The molecule has 0 unspecified atom stereocenters. The first kappa shape index (κ1) is 23.7. The van der Waals surface area contributed by atoms with E-state index in [4.69, 9.17) is 11.6 Å². The van der Waals surface area contributed by atoms with Gasteiger partial charge in [-0.25, -0.2) is 0 Å². The van der Waals surface area contributed by atoms with Gasteiger partial charge in [0.15, 0.2) is 11.6 Å². The van der Waals surface area contributed by atoms with Gasteiger partial charge in [-0.3, -0.25) is 19.5 Å². The topological polar surface area (TPSA) is 120 Å². The number of amides is 2. The summed E-state index contributed by atoms with van der Waals surface area (Å²) in [4.78, 5) is 41.4. The number of H-pyrrole nitrogens is 2. The van der Waals surface area contributed by atoms with Crippen LogP contribution in [0.15, 0.2) is 59.2 Å². The molecule has 0 aliphatic carbocycles. The Labute approximate surface area is 208 Å². The molecule has 0 aliphatic heterocycles. The van der Waals surface area contributed by atoms with Crippen molar-refractivity contribution in [2.24, 2.45) is 0 Å². The van der Waals surface area contributed by atoms with Crippen LogP contribution in [0.25, 0.3) is 10.9 Å². The number of ketones is 1. The van der Waals surface area contributed by atoms with Gasteiger partial charge in [-0.05, 0) is 39.7 Å². The summed E-state index contributed by atoms with van der Waals surface area (Å²) in [6.45, 7) is 1.76. The lowest BCUT2D eigenvalue weighted by atomic mass is 10.00. The SMILES string of the molecule is CCC(=O)[C@@H](Cc1c[nH]c2ccccc12)NC(=O)c1[nH]nc(NC(=O)c2ccccc2Cl)c1Br. The van der Waals surface area contributed by atoms with Crippen LogP contribution >= 0.6 is 27.5 Å². The van der Waals surface area contributed by atoms with Gasteiger partial charge in [-0.2, -0.15) is 5.10 Å². The number of halogens is 2. The molecule has 0 bridgehead atoms. The Morgan fingerprint density at radius 3 is 2.59 bits per heavy atom. The van der Waals surface area contributed by atoms with Crippen LogP contribution in [-0.2, 0) is 11.2 Å². The van der Waals surface area contributed by atoms with Gasteiger partial charge in [-0.1, -0.05) is 48.9 Å². The molecule has 8 nitrogen and oxygen atoms in total. The quantitative estimate of drug-likeness (QED) is 0.254. The monoisotopic (exact) mass is 541 g/mol. The summed E-state index contributed by atoms with van der Waals surface area (Å²) in [5.41, 5.74) is 2.25. The Morgan fingerprint density at radius 2 is 1.82 bits per heavy atom. The number of hydrogen-bond donors (Lipinski definition) is 4. The summed E-state index contributed by atoms with van der Waals surface area (Å²) in [5, 5.41) is 13.4. The molecule has 4 aromatic rings. The molecule has 2 amide bonds. The van der Waals surface area contributed by atoms with Gasteiger partial charge in [0.2, 0.25) is 0 Å². The first-order chi connectivity index (χ1) is 16.4. The maximum Gasteiger partial charge on any atom is 0.271 e. The average Bonchev–Trinajstić information content (AvgIpc) is 3.41. The first-order valence-corrected chi connectivity index (χ1v) is 11.7. The zero-order chi connectivity index (χ0) is 24.2. The second-order valence-corrected chi connectivity index (χ2v) is 8.80. The van der Waals surface area contributed by atoms with Gasteiger partial charge in [0, 0.05) is 29.9 Å². The first-order valence-electron chi connectivity index (χ1n) is 10.6. The van der Waals surface area contributed by atoms with E-state index in [0.717, 1.165) is 16.5 Å². The highest BCUT2D eigenvalue weighted by Gasteiger charge is 2.25. The van der Waals surface area contributed by atoms with Crippen molar-refractivity contribution in [2.45, 2.75) is 25.8 Å². The molecule has 2 heterocycles. The summed E-state index contributed by atoms with van der Waals surface area (Å²) in [6, 6.07) is 13.6. The summed E-state index contributed by atoms with van der Waals surface area (Å²) >= 11 is 9.39. The zero-order valence-electron chi connectivity index (χ0n) is 18.1. The van der Waals surface area contributed by atoms with Gasteiger partial charge < -0.3 is 15.6 Å². The van der Waals surface area contributed by atoms with Crippen molar-refractivity contribution in [3.8, 4) is 0 Å². The molecule has 0 fully saturated rings. The predicted octanol–water partition coefficient (Wildman–Crippen LogP) is 4.88. The minimum atomic E-state index is -0.729. The molecule has 0 saturated carbocycles. The highest BCUT2D eigenvalue weighted by molar-refractivity contribution is 9.10. The van der Waals surface area contributed by atoms with E-state index in [1.54, 1.807) is 31.2 Å². The van der Waals surface area contributed by atoms with Crippen molar-refractivity contribution in [3.63, 3.8) is 0 Å². The third-order valence-electron chi connectivity index (χ3n) is 5.43. The molecule has 0 saturated heterocycles. The van der Waals surface area contributed by atoms with E-state index in [1.165, 1.54) is 0 Å². The highest BCUT2D eigenvalue weighted by Crippen LogP contribution is 2.26. The molecule has 0 spiro atoms. The van der Waals surface area contributed by atoms with Crippen LogP contribution < -0.4 is 10.6 Å². The number of aromatic nitrogens is 3. The average molecular weight is 543 g/mol. The number of hydrogen-bond acceptors (Lipinski definition) is 4. The van der Waals surface area contributed by atoms with Gasteiger partial charge in [-0.15, -0.1) is 0 Å². The molecule has 0 aliphatic rings. The maximum absolute atomic E-state index is 13.0. The van der Waals surface area contributed by atoms with Gasteiger partial charge in [0.25, 0.3) is 11.8 Å². The molecule has 34 heavy (non-hydrogen) atoms. The van der Waals surface area contributed by atoms with Crippen LogP contribution in [0.1, 0.15) is 39.8 Å². The largest absolute Gasteiger partial charge is 0.361 e. The molecule has 0 radical (unpaired) electrons. The Bertz CT molecular complexity index is 1380. The number of fused-ring (bicyclic) bond motifs is 1. The van der Waals surface area contributed by atoms with Crippen LogP contribution in [0.4, 0.5) is 5.82 Å². The van der Waals surface area contributed by atoms with Crippen LogP contribution in [-0.4, -0.2) is 38.8 Å². The summed E-state index contributed by atoms with van der Waals surface area (Å²) in [5.74, 6) is -0.959. The molecule has 10 heteroatoms. The van der Waals surface area contributed by atoms with Crippen LogP contribution in [0.2, 0.25) is 5.02 Å². The summed E-state index contributed by atoms with van der Waals surface area (Å²) in [6.07, 6.45) is 2.46. The van der Waals surface area contributed by atoms with E-state index in [0.29, 0.717) is 11.4 Å². The van der Waals surface area contributed by atoms with Crippen LogP contribution in [0, 0.1) is 0 Å². The Hall–Kier alpha value is -3.43. The number of benzene rings is 2. The number of aromatic amines is 2. The Morgan fingerprint density at radius 1 is 1.09 bits per heavy atom. The predicted molar refractivity (Wildman–Crippen MR) is 134 cm³/mol. The lowest BCUT2D eigenvalue weighted by molar-refractivity contribution is -0.120. The number of carbonyl (C=O) groups excluding carboxylic acids is 3. The highest BCUT2D eigenvalue weighted by atomic mass is 79.9. The summed E-state index contributed by atoms with van der Waals surface area (Å²) < 4.78 is 0.264. The molecule has 4 N–H and O–H groups in total. The molecule has 1 atom stereocenters. The van der Waals surface area contributed by atoms with Gasteiger partial charge >= 0.3 is 0 Å². The van der Waals surface area contributed by atoms with E-state index in [-0.39, 0.29) is 33.8 Å². The maximum atomic E-state index is 13.0. The fourth-order valence-electron chi connectivity index (χ4n) is 3.62. The van der Waals surface area contributed by atoms with E-state index >= 15 is 0 Å². The lowest BCUT2D eigenvalue weighted by Crippen LogP contribution is -2.42. The normalized spacial score (nSPS) is 11.9. The van der Waals surface area contributed by atoms with E-state index in [2.05, 4.69) is 41.7 Å². The number of carbonyl (C=O) groups is 3. The lowest BCUT2D eigenvalue weighted by Gasteiger charge is -2.16. The van der Waals surface area contributed by atoms with Crippen LogP contribution in [0.3, 0.4) is 0 Å². The summed E-state index contributed by atoms with van der Waals surface area (Å²) in [7, 11) is 0. The standard InChI is InChI=1S/C24H21BrClN5O3/c1-2-19(32)18(11-13-12-27-17-10-6-4-7-14(13)17)28-24(34)21-20(25)22(31-30-21)29-23(33)15-8-3-5-9-16(15)26/h3-10,12,18,27H,2,11H2,1H3,(H,28,34)(H2,29,30,31,33)/t18-/m1/s1. The molecular formula is C24H21BrClN5O3. The third-order valence-corrected chi connectivity index (χ3v) is 6.53. The number of nitrogens with zero attached hydrogens (tertiary/aromatic N) is 1. The van der Waals surface area contributed by atoms with Gasteiger partial charge in [0.05, 0.1) is 21.1 Å². The molecular weight excluding hydrogens is 522 g/mol. The number of rotatable bonds is 8. The number of para-hydroxylation sites is 1. The Kier molecular flexibility index (Phi) is 7.14. The molecule has 2 aromatic heterocycles. The molecule has 2 aromatic carbocycles. The van der Waals surface area contributed by atoms with E-state index < -0.39 is 17.9 Å². The number of anilines is 1. The smallest absolute Gasteiger partial charge is 0.271 e. The number of nitrogens with one attached hydrogen (secondary N) is 4. The second kappa shape index (κ2) is 10.2. The molecule has 4 rings (SSSR count). The molecule has 174 valence electrons. The Balaban J connectivity index is 1.51. The zero-order valence-corrected chi connectivity index (χ0v) is 20.5. The van der Waals surface area contributed by atoms with Crippen molar-refractivity contribution in [2.75, 3.05) is 5.32 Å². The third kappa shape index (κ3) is 4.90. The van der Waals surface area contributed by atoms with Crippen molar-refractivity contribution < 1.29 is 14.4 Å². The fraction of sp³-hybridized carbons (Fsp3) is 0.167. The van der Waals surface area contributed by atoms with Crippen molar-refractivity contribution >= 4 is 61.8 Å². The van der Waals surface area contributed by atoms with Crippen LogP contribution in [0.5, 0.6) is 0 Å². The van der Waals surface area contributed by atoms with Crippen molar-refractivity contribution in [3.05, 3.63) is 81.0 Å². The minimum Gasteiger partial charge on any atom is -0.361 e. The van der Waals surface area contributed by atoms with Crippen molar-refractivity contribution in [1.82, 2.24) is 20.5 Å². The van der Waals surface area contributed by atoms with E-state index in [9.17, 15) is 14.4 Å². The number of Topliss-reactive ketones (excluding diaryl/α,β-unsaturated/α-hetero) is 1. The van der Waals surface area contributed by atoms with E-state index in [1.807, 2.05) is 30.5 Å². The van der Waals surface area contributed by atoms with Gasteiger partial charge in [0.1, 0.15) is 5.69 Å². The minimum absolute atomic E-state index is 0.0855. The van der Waals surface area contributed by atoms with Crippen molar-refractivity contribution in [1.29, 1.82) is 0 Å². The second-order valence-electron chi connectivity index (χ2n) is 7.60. The fourth-order valence-corrected chi connectivity index (χ4v) is 4.30.